The minimum absolute atomic E-state index is 0. The number of phenolic OH excluding ortho intramolecular Hbond substituents is 1. The number of hydrogen-bond acceptors (Lipinski definition) is 1. The SMILES string of the molecule is C=Cc1ccccc1.Oc1ccccc1.[Na]. The summed E-state index contributed by atoms with van der Waals surface area (Å²) in [5, 5.41) is 8.63. The molecule has 77 valence electrons. The Labute approximate surface area is 119 Å². The van der Waals surface area contributed by atoms with Crippen molar-refractivity contribution in [2.24, 2.45) is 0 Å². The molecular formula is C14H14NaO. The largest absolute Gasteiger partial charge is 0.508 e. The summed E-state index contributed by atoms with van der Waals surface area (Å²) < 4.78 is 0. The van der Waals surface area contributed by atoms with Crippen molar-refractivity contribution in [1.82, 2.24) is 0 Å². The van der Waals surface area contributed by atoms with Gasteiger partial charge in [-0.15, -0.1) is 0 Å². The van der Waals surface area contributed by atoms with Crippen LogP contribution < -0.4 is 0 Å². The van der Waals surface area contributed by atoms with Crippen LogP contribution in [0.15, 0.2) is 67.2 Å². The summed E-state index contributed by atoms with van der Waals surface area (Å²) in [6.45, 7) is 3.63. The van der Waals surface area contributed by atoms with E-state index in [1.54, 1.807) is 24.3 Å². The van der Waals surface area contributed by atoms with Crippen LogP contribution in [0.1, 0.15) is 5.56 Å². The molecule has 0 aliphatic carbocycles. The standard InChI is InChI=1S/C8H8.C6H6O.Na/c1-2-8-6-4-3-5-7-8;7-6-4-2-1-3-5-6;/h2-7H,1H2;1-5,7H;. The zero-order chi connectivity index (χ0) is 10.9. The molecular weight excluding hydrogens is 207 g/mol. The van der Waals surface area contributed by atoms with Gasteiger partial charge in [0.25, 0.3) is 0 Å². The van der Waals surface area contributed by atoms with Gasteiger partial charge in [0.2, 0.25) is 0 Å². The van der Waals surface area contributed by atoms with E-state index in [-0.39, 0.29) is 29.6 Å². The van der Waals surface area contributed by atoms with E-state index in [0.29, 0.717) is 5.75 Å². The fourth-order valence-electron chi connectivity index (χ4n) is 1.02. The van der Waals surface area contributed by atoms with Crippen molar-refractivity contribution in [3.63, 3.8) is 0 Å². The number of benzene rings is 2. The maximum atomic E-state index is 8.63. The van der Waals surface area contributed by atoms with Crippen molar-refractivity contribution in [3.8, 4) is 5.75 Å². The Balaban J connectivity index is 0.000000267. The van der Waals surface area contributed by atoms with E-state index in [2.05, 4.69) is 6.58 Å². The van der Waals surface area contributed by atoms with Gasteiger partial charge in [-0.3, -0.25) is 0 Å². The molecule has 0 aliphatic heterocycles. The van der Waals surface area contributed by atoms with Gasteiger partial charge in [0.15, 0.2) is 0 Å². The fourth-order valence-corrected chi connectivity index (χ4v) is 1.02. The third-order valence-corrected chi connectivity index (χ3v) is 1.79. The van der Waals surface area contributed by atoms with Gasteiger partial charge in [-0.1, -0.05) is 61.2 Å². The van der Waals surface area contributed by atoms with Crippen molar-refractivity contribution >= 4 is 35.6 Å². The number of rotatable bonds is 1. The molecule has 0 fully saturated rings. The van der Waals surface area contributed by atoms with Crippen molar-refractivity contribution in [2.45, 2.75) is 0 Å². The van der Waals surface area contributed by atoms with E-state index in [1.807, 2.05) is 42.5 Å². The third kappa shape index (κ3) is 6.46. The second-order valence-corrected chi connectivity index (χ2v) is 2.95. The maximum Gasteiger partial charge on any atom is 0.115 e. The van der Waals surface area contributed by atoms with Crippen LogP contribution in [0.2, 0.25) is 0 Å². The summed E-state index contributed by atoms with van der Waals surface area (Å²) in [5.41, 5.74) is 1.17. The molecule has 1 N–H and O–H groups in total. The first kappa shape index (κ1) is 15.0. The Kier molecular flexibility index (Phi) is 8.64. The first-order valence-electron chi connectivity index (χ1n) is 4.74. The van der Waals surface area contributed by atoms with E-state index >= 15 is 0 Å². The number of aromatic hydroxyl groups is 1. The molecule has 2 rings (SSSR count). The summed E-state index contributed by atoms with van der Waals surface area (Å²) >= 11 is 0. The van der Waals surface area contributed by atoms with Crippen molar-refractivity contribution in [2.75, 3.05) is 0 Å². The van der Waals surface area contributed by atoms with Crippen molar-refractivity contribution in [3.05, 3.63) is 72.8 Å². The smallest absolute Gasteiger partial charge is 0.115 e. The van der Waals surface area contributed by atoms with Crippen LogP contribution in [-0.4, -0.2) is 34.7 Å². The zero-order valence-electron chi connectivity index (χ0n) is 9.51. The Bertz CT molecular complexity index is 384. The molecule has 1 radical (unpaired) electrons. The fraction of sp³-hybridized carbons (Fsp3) is 0. The third-order valence-electron chi connectivity index (χ3n) is 1.79. The van der Waals surface area contributed by atoms with Gasteiger partial charge < -0.3 is 5.11 Å². The normalized spacial score (nSPS) is 8.00. The number of para-hydroxylation sites is 1. The van der Waals surface area contributed by atoms with Crippen LogP contribution in [-0.2, 0) is 0 Å². The van der Waals surface area contributed by atoms with Crippen LogP contribution in [0, 0.1) is 0 Å². The Morgan fingerprint density at radius 1 is 0.812 bits per heavy atom. The topological polar surface area (TPSA) is 20.2 Å². The molecule has 2 heteroatoms. The second kappa shape index (κ2) is 9.22. The molecule has 0 bridgehead atoms. The Hall–Kier alpha value is -1.02. The summed E-state index contributed by atoms with van der Waals surface area (Å²) in [4.78, 5) is 0. The van der Waals surface area contributed by atoms with E-state index in [0.717, 1.165) is 0 Å². The Morgan fingerprint density at radius 2 is 1.25 bits per heavy atom. The average molecular weight is 221 g/mol. The zero-order valence-corrected chi connectivity index (χ0v) is 11.5. The van der Waals surface area contributed by atoms with Crippen molar-refractivity contribution in [1.29, 1.82) is 0 Å². The summed E-state index contributed by atoms with van der Waals surface area (Å²) in [5.74, 6) is 0.322. The molecule has 2 aromatic rings. The number of phenols is 1. The minimum Gasteiger partial charge on any atom is -0.508 e. The monoisotopic (exact) mass is 221 g/mol. The van der Waals surface area contributed by atoms with Gasteiger partial charge in [0, 0.05) is 29.6 Å². The first-order valence-corrected chi connectivity index (χ1v) is 4.74. The van der Waals surface area contributed by atoms with Gasteiger partial charge in [-0.25, -0.2) is 0 Å². The molecule has 0 amide bonds. The predicted molar refractivity (Wildman–Crippen MR) is 70.4 cm³/mol. The van der Waals surface area contributed by atoms with Crippen LogP contribution in [0.4, 0.5) is 0 Å². The minimum atomic E-state index is 0. The predicted octanol–water partition coefficient (Wildman–Crippen LogP) is 3.34. The summed E-state index contributed by atoms with van der Waals surface area (Å²) in [6.07, 6.45) is 1.83. The quantitative estimate of drug-likeness (QED) is 0.732. The first-order chi connectivity index (χ1) is 7.33. The maximum absolute atomic E-state index is 8.63. The average Bonchev–Trinajstić information content (AvgIpc) is 2.32. The molecule has 0 aliphatic rings. The molecule has 0 unspecified atom stereocenters. The molecule has 0 saturated heterocycles. The van der Waals surface area contributed by atoms with Crippen LogP contribution in [0.3, 0.4) is 0 Å². The molecule has 0 atom stereocenters. The van der Waals surface area contributed by atoms with E-state index in [4.69, 9.17) is 5.11 Å². The second-order valence-electron chi connectivity index (χ2n) is 2.95. The van der Waals surface area contributed by atoms with E-state index < -0.39 is 0 Å². The molecule has 16 heavy (non-hydrogen) atoms. The Morgan fingerprint density at radius 3 is 1.50 bits per heavy atom. The molecule has 2 aromatic carbocycles. The van der Waals surface area contributed by atoms with Gasteiger partial charge in [0.1, 0.15) is 5.75 Å². The number of hydrogen-bond donors (Lipinski definition) is 1. The van der Waals surface area contributed by atoms with Gasteiger partial charge >= 0.3 is 0 Å². The summed E-state index contributed by atoms with van der Waals surface area (Å²) in [7, 11) is 0. The van der Waals surface area contributed by atoms with Gasteiger partial charge in [-0.05, 0) is 17.7 Å². The van der Waals surface area contributed by atoms with Gasteiger partial charge in [-0.2, -0.15) is 0 Å². The molecule has 0 heterocycles. The summed E-state index contributed by atoms with van der Waals surface area (Å²) in [6, 6.07) is 18.7. The van der Waals surface area contributed by atoms with Gasteiger partial charge in [0.05, 0.1) is 0 Å². The van der Waals surface area contributed by atoms with E-state index in [1.165, 1.54) is 5.56 Å². The van der Waals surface area contributed by atoms with E-state index in [9.17, 15) is 0 Å². The molecule has 0 saturated carbocycles. The molecule has 1 nitrogen and oxygen atoms in total. The van der Waals surface area contributed by atoms with Crippen LogP contribution >= 0.6 is 0 Å². The van der Waals surface area contributed by atoms with Crippen LogP contribution in [0.25, 0.3) is 6.08 Å². The van der Waals surface area contributed by atoms with Crippen molar-refractivity contribution < 1.29 is 5.11 Å². The molecule has 0 spiro atoms. The molecule has 0 aromatic heterocycles. The van der Waals surface area contributed by atoms with Crippen LogP contribution in [0.5, 0.6) is 5.75 Å².